The normalized spacial score (nSPS) is 11.7. The summed E-state index contributed by atoms with van der Waals surface area (Å²) in [5.74, 6) is 0.760. The Labute approximate surface area is 425 Å². The van der Waals surface area contributed by atoms with Gasteiger partial charge in [-0.3, -0.25) is 0 Å². The van der Waals surface area contributed by atoms with Gasteiger partial charge in [0.25, 0.3) is 0 Å². The van der Waals surface area contributed by atoms with Gasteiger partial charge < -0.3 is 15.3 Å². The van der Waals surface area contributed by atoms with Crippen molar-refractivity contribution in [2.24, 2.45) is 0 Å². The summed E-state index contributed by atoms with van der Waals surface area (Å²) in [6.45, 7) is 19.4. The lowest BCUT2D eigenvalue weighted by Gasteiger charge is -2.30. The highest BCUT2D eigenvalue weighted by Crippen LogP contribution is 2.41. The standard InChI is InChI=1S/C25H35N3O.C22H29N3O.C13H11N3O/c1-3-4-5-6-7-8-9-10-11-12-15-21-18-20(2)19-24(25(21)29)28-26-22-16-13-14-17-23(22)27-28;1-7-21(3,4)15-13-16(22(5,6)8-2)20(26)19(14-15)25-23-17-11-9-10-12-18(17)24-25;1-9-6-7-13(17)12(8-9)16-14-10-4-2-3-5-11(10)15-16/h13-14,16-19,29H,3-12,15H2,1-2H3;9-14,26H,7-8H2,1-6H3;2-8,17H,1H3. The first-order chi connectivity index (χ1) is 34.6. The zero-order valence-corrected chi connectivity index (χ0v) is 44.0. The highest BCUT2D eigenvalue weighted by atomic mass is 16.3. The summed E-state index contributed by atoms with van der Waals surface area (Å²) in [6.07, 6.45) is 16.0. The second kappa shape index (κ2) is 23.9. The largest absolute Gasteiger partial charge is 0.506 e. The lowest BCUT2D eigenvalue weighted by molar-refractivity contribution is 0.420. The van der Waals surface area contributed by atoms with Gasteiger partial charge in [-0.25, -0.2) is 0 Å². The Hall–Kier alpha value is -7.08. The second-order valence-electron chi connectivity index (χ2n) is 20.5. The average molecular weight is 970 g/mol. The van der Waals surface area contributed by atoms with E-state index in [1.165, 1.54) is 68.1 Å². The second-order valence-corrected chi connectivity index (χ2v) is 20.5. The molecule has 3 N–H and O–H groups in total. The van der Waals surface area contributed by atoms with Crippen molar-refractivity contribution in [1.82, 2.24) is 45.0 Å². The van der Waals surface area contributed by atoms with Gasteiger partial charge in [0.2, 0.25) is 0 Å². The minimum Gasteiger partial charge on any atom is -0.506 e. The van der Waals surface area contributed by atoms with Crippen molar-refractivity contribution in [2.45, 2.75) is 157 Å². The summed E-state index contributed by atoms with van der Waals surface area (Å²) in [5.41, 5.74) is 12.1. The minimum atomic E-state index is -0.134. The van der Waals surface area contributed by atoms with Crippen molar-refractivity contribution in [2.75, 3.05) is 0 Å². The van der Waals surface area contributed by atoms with Crippen molar-refractivity contribution in [3.05, 3.63) is 143 Å². The van der Waals surface area contributed by atoms with Crippen LogP contribution in [0.4, 0.5) is 0 Å². The molecule has 3 heterocycles. The number of fused-ring (bicyclic) bond motifs is 3. The van der Waals surface area contributed by atoms with Crippen LogP contribution < -0.4 is 0 Å². The predicted molar refractivity (Wildman–Crippen MR) is 293 cm³/mol. The number of phenolic OH excluding ortho intramolecular Hbond substituents is 3. The molecule has 9 rings (SSSR count). The number of nitrogens with zero attached hydrogens (tertiary/aromatic N) is 9. The third kappa shape index (κ3) is 12.9. The van der Waals surface area contributed by atoms with E-state index < -0.39 is 0 Å². The molecule has 0 aliphatic carbocycles. The van der Waals surface area contributed by atoms with Crippen LogP contribution in [0, 0.1) is 13.8 Å². The molecule has 0 fully saturated rings. The fourth-order valence-electron chi connectivity index (χ4n) is 8.75. The van der Waals surface area contributed by atoms with Crippen molar-refractivity contribution >= 4 is 33.1 Å². The SMILES string of the molecule is CCC(C)(C)c1cc(-n2nc3ccccc3n2)c(O)c(C(C)(C)CC)c1.CCCCCCCCCCCCc1cc(C)cc(-n2nc3ccccc3n2)c1O.Cc1ccc(O)c(-n2nc3ccccc3n2)c1. The summed E-state index contributed by atoms with van der Waals surface area (Å²) < 4.78 is 0. The van der Waals surface area contributed by atoms with Crippen LogP contribution in [0.1, 0.15) is 153 Å². The van der Waals surface area contributed by atoms with E-state index in [-0.39, 0.29) is 22.3 Å². The van der Waals surface area contributed by atoms with E-state index in [1.807, 2.05) is 104 Å². The monoisotopic (exact) mass is 970 g/mol. The zero-order valence-electron chi connectivity index (χ0n) is 44.0. The summed E-state index contributed by atoms with van der Waals surface area (Å²) in [4.78, 5) is 4.60. The molecule has 12 heteroatoms. The maximum absolute atomic E-state index is 11.1. The molecule has 0 saturated carbocycles. The van der Waals surface area contributed by atoms with Crippen molar-refractivity contribution in [3.8, 4) is 34.3 Å². The van der Waals surface area contributed by atoms with E-state index in [0.717, 1.165) is 81.0 Å². The van der Waals surface area contributed by atoms with Gasteiger partial charge in [-0.05, 0) is 133 Å². The van der Waals surface area contributed by atoms with Gasteiger partial charge in [0, 0.05) is 5.56 Å². The number of rotatable bonds is 18. The van der Waals surface area contributed by atoms with Crippen LogP contribution >= 0.6 is 0 Å². The Bertz CT molecular complexity index is 3100. The van der Waals surface area contributed by atoms with Gasteiger partial charge in [0.05, 0.1) is 0 Å². The first kappa shape index (κ1) is 52.7. The van der Waals surface area contributed by atoms with Gasteiger partial charge in [-0.1, -0.05) is 161 Å². The number of hydrogen-bond acceptors (Lipinski definition) is 9. The molecular weight excluding hydrogens is 895 g/mol. The molecule has 0 radical (unpaired) electrons. The molecule has 0 unspecified atom stereocenters. The summed E-state index contributed by atoms with van der Waals surface area (Å²) >= 11 is 0. The van der Waals surface area contributed by atoms with Gasteiger partial charge in [0.15, 0.2) is 0 Å². The van der Waals surface area contributed by atoms with Crippen LogP contribution in [-0.4, -0.2) is 60.3 Å². The molecule has 6 aromatic carbocycles. The van der Waals surface area contributed by atoms with Crippen molar-refractivity contribution in [1.29, 1.82) is 0 Å². The van der Waals surface area contributed by atoms with Crippen LogP contribution in [0.3, 0.4) is 0 Å². The molecule has 0 aliphatic rings. The maximum Gasteiger partial charge on any atom is 0.146 e. The van der Waals surface area contributed by atoms with Crippen LogP contribution in [0.15, 0.2) is 115 Å². The highest BCUT2D eigenvalue weighted by molar-refractivity contribution is 5.75. The number of phenols is 3. The fourth-order valence-corrected chi connectivity index (χ4v) is 8.75. The fraction of sp³-hybridized carbons (Fsp3) is 0.400. The van der Waals surface area contributed by atoms with Crippen LogP contribution in [0.5, 0.6) is 17.2 Å². The number of aryl methyl sites for hydroxylation is 3. The van der Waals surface area contributed by atoms with Crippen LogP contribution in [0.25, 0.3) is 50.2 Å². The van der Waals surface area contributed by atoms with E-state index in [2.05, 4.69) is 98.1 Å². The quantitative estimate of drug-likeness (QED) is 0.0713. The van der Waals surface area contributed by atoms with Crippen LogP contribution in [-0.2, 0) is 17.3 Å². The Balaban J connectivity index is 0.000000163. The minimum absolute atomic E-state index is 0.00754. The van der Waals surface area contributed by atoms with E-state index in [4.69, 9.17) is 0 Å². The maximum atomic E-state index is 11.1. The van der Waals surface area contributed by atoms with Crippen molar-refractivity contribution in [3.63, 3.8) is 0 Å². The van der Waals surface area contributed by atoms with E-state index in [1.54, 1.807) is 15.7 Å². The van der Waals surface area contributed by atoms with E-state index >= 15 is 0 Å². The molecule has 0 atom stereocenters. The number of aromatic nitrogens is 9. The Kier molecular flexibility index (Phi) is 17.5. The van der Waals surface area contributed by atoms with Crippen molar-refractivity contribution < 1.29 is 15.3 Å². The molecule has 3 aromatic heterocycles. The number of aromatic hydroxyl groups is 3. The predicted octanol–water partition coefficient (Wildman–Crippen LogP) is 14.8. The number of benzene rings is 6. The number of unbranched alkanes of at least 4 members (excludes halogenated alkanes) is 9. The van der Waals surface area contributed by atoms with Gasteiger partial charge in [-0.2, -0.15) is 0 Å². The zero-order chi connectivity index (χ0) is 51.4. The molecule has 0 bridgehead atoms. The summed E-state index contributed by atoms with van der Waals surface area (Å²) in [7, 11) is 0. The summed E-state index contributed by atoms with van der Waals surface area (Å²) in [6, 6.07) is 36.8. The van der Waals surface area contributed by atoms with E-state index in [0.29, 0.717) is 22.8 Å². The third-order valence-corrected chi connectivity index (χ3v) is 14.1. The third-order valence-electron chi connectivity index (χ3n) is 14.1. The Morgan fingerprint density at radius 3 is 1.26 bits per heavy atom. The molecule has 0 amide bonds. The molecule has 0 saturated heterocycles. The smallest absolute Gasteiger partial charge is 0.146 e. The van der Waals surface area contributed by atoms with Gasteiger partial charge >= 0.3 is 0 Å². The van der Waals surface area contributed by atoms with E-state index in [9.17, 15) is 15.3 Å². The first-order valence-corrected chi connectivity index (χ1v) is 26.1. The molecule has 378 valence electrons. The van der Waals surface area contributed by atoms with Gasteiger partial charge in [0.1, 0.15) is 67.4 Å². The molecule has 72 heavy (non-hydrogen) atoms. The first-order valence-electron chi connectivity index (χ1n) is 26.1. The highest BCUT2D eigenvalue weighted by Gasteiger charge is 2.29. The lowest BCUT2D eigenvalue weighted by Crippen LogP contribution is -2.21. The molecule has 0 aliphatic heterocycles. The van der Waals surface area contributed by atoms with Crippen LogP contribution in [0.2, 0.25) is 0 Å². The van der Waals surface area contributed by atoms with Gasteiger partial charge in [-0.15, -0.1) is 45.0 Å². The average Bonchev–Trinajstić information content (AvgIpc) is 4.14. The number of hydrogen-bond donors (Lipinski definition) is 3. The molecule has 9 aromatic rings. The Morgan fingerprint density at radius 1 is 0.417 bits per heavy atom. The lowest BCUT2D eigenvalue weighted by atomic mass is 9.76. The molecule has 12 nitrogen and oxygen atoms in total. The molecule has 0 spiro atoms. The Morgan fingerprint density at radius 2 is 0.819 bits per heavy atom. The summed E-state index contributed by atoms with van der Waals surface area (Å²) in [5, 5.41) is 58.6. The molecular formula is C60H75N9O3. The topological polar surface area (TPSA) is 153 Å².